The number of aryl methyl sites for hydroxylation is 2. The molecule has 18 heavy (non-hydrogen) atoms. The molecule has 0 saturated heterocycles. The van der Waals surface area contributed by atoms with Crippen molar-refractivity contribution >= 4 is 11.6 Å². The summed E-state index contributed by atoms with van der Waals surface area (Å²) in [6.07, 6.45) is 4.94. The van der Waals surface area contributed by atoms with Gasteiger partial charge in [0, 0.05) is 12.7 Å². The van der Waals surface area contributed by atoms with Crippen LogP contribution in [0.3, 0.4) is 0 Å². The average Bonchev–Trinajstić information content (AvgIpc) is 2.81. The molecular formula is C15H23N3. The summed E-state index contributed by atoms with van der Waals surface area (Å²) >= 11 is 0. The molecule has 0 aliphatic heterocycles. The second-order valence-electron chi connectivity index (χ2n) is 5.27. The SMILES string of the molecule is Cc1ccc(N(C)C(N)=NC2CCCC2)c(C)c1. The highest BCUT2D eigenvalue weighted by Gasteiger charge is 2.16. The molecule has 0 amide bonds. The second kappa shape index (κ2) is 5.42. The maximum absolute atomic E-state index is 6.11. The lowest BCUT2D eigenvalue weighted by Gasteiger charge is -2.21. The van der Waals surface area contributed by atoms with E-state index in [-0.39, 0.29) is 0 Å². The van der Waals surface area contributed by atoms with Crippen molar-refractivity contribution in [3.05, 3.63) is 29.3 Å². The maximum Gasteiger partial charge on any atom is 0.195 e. The van der Waals surface area contributed by atoms with Crippen LogP contribution in [0.4, 0.5) is 5.69 Å². The number of nitrogens with zero attached hydrogens (tertiary/aromatic N) is 2. The Balaban J connectivity index is 2.16. The Morgan fingerprint density at radius 3 is 2.56 bits per heavy atom. The smallest absolute Gasteiger partial charge is 0.195 e. The van der Waals surface area contributed by atoms with Crippen LogP contribution in [0, 0.1) is 13.8 Å². The minimum absolute atomic E-state index is 0.429. The molecule has 0 unspecified atom stereocenters. The molecule has 0 bridgehead atoms. The first kappa shape index (κ1) is 12.9. The zero-order valence-electron chi connectivity index (χ0n) is 11.6. The minimum Gasteiger partial charge on any atom is -0.370 e. The molecule has 0 heterocycles. The van der Waals surface area contributed by atoms with Gasteiger partial charge in [-0.05, 0) is 38.3 Å². The number of hydrogen-bond acceptors (Lipinski definition) is 1. The van der Waals surface area contributed by atoms with Gasteiger partial charge in [0.2, 0.25) is 0 Å². The molecule has 1 aliphatic carbocycles. The van der Waals surface area contributed by atoms with Gasteiger partial charge in [-0.3, -0.25) is 0 Å². The molecule has 2 rings (SSSR count). The molecule has 0 atom stereocenters. The van der Waals surface area contributed by atoms with Crippen LogP contribution in [0.2, 0.25) is 0 Å². The van der Waals surface area contributed by atoms with Gasteiger partial charge in [0.05, 0.1) is 6.04 Å². The summed E-state index contributed by atoms with van der Waals surface area (Å²) in [7, 11) is 1.99. The van der Waals surface area contributed by atoms with Crippen LogP contribution in [-0.4, -0.2) is 19.0 Å². The first-order chi connectivity index (χ1) is 8.58. The summed E-state index contributed by atoms with van der Waals surface area (Å²) in [5.41, 5.74) is 9.76. The normalized spacial score (nSPS) is 17.2. The highest BCUT2D eigenvalue weighted by molar-refractivity contribution is 5.95. The predicted octanol–water partition coefficient (Wildman–Crippen LogP) is 3.00. The topological polar surface area (TPSA) is 41.6 Å². The Kier molecular flexibility index (Phi) is 3.90. The fraction of sp³-hybridized carbons (Fsp3) is 0.533. The molecule has 1 aromatic carbocycles. The van der Waals surface area contributed by atoms with Crippen molar-refractivity contribution < 1.29 is 0 Å². The molecule has 1 aromatic rings. The van der Waals surface area contributed by atoms with E-state index in [4.69, 9.17) is 5.73 Å². The minimum atomic E-state index is 0.429. The highest BCUT2D eigenvalue weighted by Crippen LogP contribution is 2.23. The Hall–Kier alpha value is -1.51. The van der Waals surface area contributed by atoms with Crippen LogP contribution in [0.15, 0.2) is 23.2 Å². The fourth-order valence-electron chi connectivity index (χ4n) is 2.61. The van der Waals surface area contributed by atoms with Crippen LogP contribution in [0.25, 0.3) is 0 Å². The molecule has 1 aliphatic rings. The van der Waals surface area contributed by atoms with E-state index in [1.807, 2.05) is 11.9 Å². The van der Waals surface area contributed by atoms with Gasteiger partial charge in [-0.2, -0.15) is 0 Å². The average molecular weight is 245 g/mol. The Morgan fingerprint density at radius 1 is 1.28 bits per heavy atom. The van der Waals surface area contributed by atoms with E-state index < -0.39 is 0 Å². The number of benzene rings is 1. The molecular weight excluding hydrogens is 222 g/mol. The van der Waals surface area contributed by atoms with E-state index >= 15 is 0 Å². The quantitative estimate of drug-likeness (QED) is 0.643. The van der Waals surface area contributed by atoms with Gasteiger partial charge in [-0.25, -0.2) is 4.99 Å². The summed E-state index contributed by atoms with van der Waals surface area (Å²) in [5.74, 6) is 0.633. The van der Waals surface area contributed by atoms with Crippen LogP contribution in [0.1, 0.15) is 36.8 Å². The second-order valence-corrected chi connectivity index (χ2v) is 5.27. The third kappa shape index (κ3) is 2.84. The molecule has 98 valence electrons. The Morgan fingerprint density at radius 2 is 1.94 bits per heavy atom. The van der Waals surface area contributed by atoms with Gasteiger partial charge in [-0.15, -0.1) is 0 Å². The van der Waals surface area contributed by atoms with Crippen molar-refractivity contribution in [2.45, 2.75) is 45.6 Å². The zero-order valence-corrected chi connectivity index (χ0v) is 11.6. The Bertz CT molecular complexity index is 445. The van der Waals surface area contributed by atoms with Crippen molar-refractivity contribution in [1.29, 1.82) is 0 Å². The van der Waals surface area contributed by atoms with Crippen molar-refractivity contribution in [2.75, 3.05) is 11.9 Å². The molecule has 0 aromatic heterocycles. The molecule has 3 nitrogen and oxygen atoms in total. The highest BCUT2D eigenvalue weighted by atomic mass is 15.2. The molecule has 1 fully saturated rings. The predicted molar refractivity (Wildman–Crippen MR) is 78.2 cm³/mol. The van der Waals surface area contributed by atoms with E-state index in [1.165, 1.54) is 36.8 Å². The summed E-state index contributed by atoms with van der Waals surface area (Å²) in [6.45, 7) is 4.22. The largest absolute Gasteiger partial charge is 0.370 e. The van der Waals surface area contributed by atoms with Gasteiger partial charge in [-0.1, -0.05) is 30.5 Å². The molecule has 0 spiro atoms. The van der Waals surface area contributed by atoms with Crippen molar-refractivity contribution in [3.8, 4) is 0 Å². The summed E-state index contributed by atoms with van der Waals surface area (Å²) in [5, 5.41) is 0. The lowest BCUT2D eigenvalue weighted by molar-refractivity contribution is 0.703. The van der Waals surface area contributed by atoms with Crippen molar-refractivity contribution in [3.63, 3.8) is 0 Å². The van der Waals surface area contributed by atoms with E-state index in [9.17, 15) is 0 Å². The number of hydrogen-bond donors (Lipinski definition) is 1. The monoisotopic (exact) mass is 245 g/mol. The van der Waals surface area contributed by atoms with Crippen LogP contribution >= 0.6 is 0 Å². The third-order valence-corrected chi connectivity index (χ3v) is 3.70. The van der Waals surface area contributed by atoms with Crippen molar-refractivity contribution in [1.82, 2.24) is 0 Å². The number of anilines is 1. The van der Waals surface area contributed by atoms with E-state index in [0.717, 1.165) is 5.69 Å². The lowest BCUT2D eigenvalue weighted by Crippen LogP contribution is -2.35. The van der Waals surface area contributed by atoms with E-state index in [0.29, 0.717) is 12.0 Å². The summed E-state index contributed by atoms with van der Waals surface area (Å²) < 4.78 is 0. The fourth-order valence-corrected chi connectivity index (χ4v) is 2.61. The number of guanidine groups is 1. The first-order valence-electron chi connectivity index (χ1n) is 6.72. The molecule has 2 N–H and O–H groups in total. The zero-order chi connectivity index (χ0) is 13.1. The maximum atomic E-state index is 6.11. The first-order valence-corrected chi connectivity index (χ1v) is 6.72. The Labute approximate surface area is 110 Å². The standard InChI is InChI=1S/C15H23N3/c1-11-8-9-14(12(2)10-11)18(3)15(16)17-13-6-4-5-7-13/h8-10,13H,4-7H2,1-3H3,(H2,16,17). The van der Waals surface area contributed by atoms with Gasteiger partial charge < -0.3 is 10.6 Å². The number of aliphatic imine (C=N–C) groups is 1. The lowest BCUT2D eigenvalue weighted by atomic mass is 10.1. The summed E-state index contributed by atoms with van der Waals surface area (Å²) in [4.78, 5) is 6.63. The summed E-state index contributed by atoms with van der Waals surface area (Å²) in [6, 6.07) is 6.83. The van der Waals surface area contributed by atoms with E-state index in [2.05, 4.69) is 37.0 Å². The van der Waals surface area contributed by atoms with Crippen molar-refractivity contribution in [2.24, 2.45) is 10.7 Å². The van der Waals surface area contributed by atoms with Gasteiger partial charge in [0.25, 0.3) is 0 Å². The molecule has 0 radical (unpaired) electrons. The van der Waals surface area contributed by atoms with Gasteiger partial charge >= 0.3 is 0 Å². The molecule has 3 heteroatoms. The van der Waals surface area contributed by atoms with Gasteiger partial charge in [0.15, 0.2) is 5.96 Å². The van der Waals surface area contributed by atoms with Crippen LogP contribution in [0.5, 0.6) is 0 Å². The van der Waals surface area contributed by atoms with Crippen LogP contribution in [-0.2, 0) is 0 Å². The number of nitrogens with two attached hydrogens (primary N) is 1. The van der Waals surface area contributed by atoms with E-state index in [1.54, 1.807) is 0 Å². The van der Waals surface area contributed by atoms with Gasteiger partial charge in [0.1, 0.15) is 0 Å². The molecule has 1 saturated carbocycles. The number of rotatable bonds is 2. The third-order valence-electron chi connectivity index (χ3n) is 3.70. The van der Waals surface area contributed by atoms with Crippen LogP contribution < -0.4 is 10.6 Å².